The molecule has 31 heavy (non-hydrogen) atoms. The van der Waals surface area contributed by atoms with Crippen LogP contribution in [-0.4, -0.2) is 21.3 Å². The summed E-state index contributed by atoms with van der Waals surface area (Å²) in [4.78, 5) is 15.9. The van der Waals surface area contributed by atoms with Gasteiger partial charge in [0.05, 0.1) is 28.6 Å². The lowest BCUT2D eigenvalue weighted by molar-refractivity contribution is -0.255. The number of carboxylic acid groups (broad SMARTS) is 1. The molecule has 0 saturated heterocycles. The second-order valence-corrected chi connectivity index (χ2v) is 8.42. The summed E-state index contributed by atoms with van der Waals surface area (Å²) in [7, 11) is 0. The molecule has 1 aliphatic rings. The Bertz CT molecular complexity index is 1240. The van der Waals surface area contributed by atoms with Crippen LogP contribution < -0.4 is 9.84 Å². The highest BCUT2D eigenvalue weighted by Crippen LogP contribution is 2.44. The Hall–Kier alpha value is -2.96. The highest BCUT2D eigenvalue weighted by Gasteiger charge is 2.25. The van der Waals surface area contributed by atoms with Gasteiger partial charge in [0.1, 0.15) is 12.4 Å². The van der Waals surface area contributed by atoms with Gasteiger partial charge in [0.2, 0.25) is 0 Å². The molecule has 0 saturated carbocycles. The lowest BCUT2D eigenvalue weighted by Gasteiger charge is -2.20. The zero-order valence-corrected chi connectivity index (χ0v) is 18.2. The van der Waals surface area contributed by atoms with Gasteiger partial charge in [-0.15, -0.1) is 24.2 Å². The van der Waals surface area contributed by atoms with Gasteiger partial charge in [0.25, 0.3) is 0 Å². The number of hydrogen-bond acceptors (Lipinski definition) is 5. The van der Waals surface area contributed by atoms with Gasteiger partial charge < -0.3 is 19.2 Å². The minimum absolute atomic E-state index is 0. The number of carbonyl (C=O) groups is 1. The van der Waals surface area contributed by atoms with Gasteiger partial charge in [-0.3, -0.25) is 0 Å². The second-order valence-electron chi connectivity index (χ2n) is 7.21. The maximum atomic E-state index is 11.4. The van der Waals surface area contributed by atoms with Gasteiger partial charge in [0, 0.05) is 17.9 Å². The Morgan fingerprint density at radius 1 is 1.10 bits per heavy atom. The van der Waals surface area contributed by atoms with Crippen LogP contribution in [0.2, 0.25) is 0 Å². The number of fused-ring (bicyclic) bond motifs is 3. The number of carbonyl (C=O) groups excluding carboxylic acids is 1. The minimum Gasteiger partial charge on any atom is -0.545 e. The molecule has 1 aromatic heterocycles. The molecule has 4 aromatic rings. The van der Waals surface area contributed by atoms with Crippen molar-refractivity contribution in [2.24, 2.45) is 0 Å². The van der Waals surface area contributed by atoms with Crippen LogP contribution in [0.25, 0.3) is 11.0 Å². The number of aromatic nitrogens is 2. The van der Waals surface area contributed by atoms with E-state index in [4.69, 9.17) is 4.74 Å². The largest absolute Gasteiger partial charge is 0.545 e. The molecule has 1 atom stereocenters. The number of carboxylic acids is 1. The molecule has 0 amide bonds. The summed E-state index contributed by atoms with van der Waals surface area (Å²) in [5.41, 5.74) is 5.42. The standard InChI is InChI=1S/C24H20N2O3S.ClH/c27-24(28)16-9-10-22-19(13-16)23(18-6-2-1-5-17(18)14-29-22)30-12-11-26-15-25-20-7-3-4-8-21(20)26;/h1-10,13,15,23H,11-12,14H2,(H,27,28);1H/p-1. The van der Waals surface area contributed by atoms with Crippen molar-refractivity contribution in [2.75, 3.05) is 5.75 Å². The number of benzene rings is 3. The van der Waals surface area contributed by atoms with Crippen LogP contribution in [0.5, 0.6) is 5.75 Å². The molecule has 1 unspecified atom stereocenters. The lowest BCUT2D eigenvalue weighted by Crippen LogP contribution is -2.22. The van der Waals surface area contributed by atoms with Crippen LogP contribution in [-0.2, 0) is 13.2 Å². The Balaban J connectivity index is 0.00000231. The maximum absolute atomic E-state index is 11.4. The van der Waals surface area contributed by atoms with E-state index < -0.39 is 5.97 Å². The summed E-state index contributed by atoms with van der Waals surface area (Å²) < 4.78 is 8.16. The van der Waals surface area contributed by atoms with Crippen LogP contribution in [0, 0.1) is 0 Å². The number of rotatable bonds is 5. The molecule has 5 nitrogen and oxygen atoms in total. The molecule has 3 aromatic carbocycles. The molecule has 1 aliphatic heterocycles. The number of hydrogen-bond donors (Lipinski definition) is 0. The predicted molar refractivity (Wildman–Crippen MR) is 123 cm³/mol. The van der Waals surface area contributed by atoms with Crippen molar-refractivity contribution in [1.82, 2.24) is 9.55 Å². The van der Waals surface area contributed by atoms with E-state index in [2.05, 4.69) is 27.8 Å². The molecule has 0 aliphatic carbocycles. The number of aryl methyl sites for hydroxylation is 1. The van der Waals surface area contributed by atoms with E-state index in [9.17, 15) is 9.90 Å². The molecule has 0 N–H and O–H groups in total. The molecule has 158 valence electrons. The number of para-hydroxylation sites is 2. The lowest BCUT2D eigenvalue weighted by atomic mass is 9.98. The summed E-state index contributed by atoms with van der Waals surface area (Å²) in [6.07, 6.45) is 1.87. The summed E-state index contributed by atoms with van der Waals surface area (Å²) in [6, 6.07) is 21.3. The number of aromatic carboxylic acids is 1. The number of ether oxygens (including phenoxy) is 1. The monoisotopic (exact) mass is 451 g/mol. The summed E-state index contributed by atoms with van der Waals surface area (Å²) in [6.45, 7) is 1.28. The van der Waals surface area contributed by atoms with E-state index in [0.717, 1.165) is 45.8 Å². The SMILES string of the molecule is Cl.O=C([O-])c1ccc2c(c1)C(SCCn1cnc3ccccc31)c1ccccc1CO2. The average Bonchev–Trinajstić information content (AvgIpc) is 3.11. The van der Waals surface area contributed by atoms with Gasteiger partial charge in [-0.05, 0) is 47.0 Å². The molecule has 0 bridgehead atoms. The van der Waals surface area contributed by atoms with Crippen molar-refractivity contribution in [3.05, 3.63) is 95.3 Å². The third kappa shape index (κ3) is 4.13. The van der Waals surface area contributed by atoms with Gasteiger partial charge in [0.15, 0.2) is 0 Å². The fourth-order valence-electron chi connectivity index (χ4n) is 3.89. The molecule has 0 radical (unpaired) electrons. The van der Waals surface area contributed by atoms with Gasteiger partial charge in [-0.2, -0.15) is 0 Å². The van der Waals surface area contributed by atoms with Crippen molar-refractivity contribution in [3.63, 3.8) is 0 Å². The first-order valence-corrected chi connectivity index (χ1v) is 10.8. The van der Waals surface area contributed by atoms with E-state index in [0.29, 0.717) is 6.61 Å². The molecular formula is C24H20ClN2O3S-. The Kier molecular flexibility index (Phi) is 6.20. The zero-order valence-electron chi connectivity index (χ0n) is 16.6. The van der Waals surface area contributed by atoms with Gasteiger partial charge in [-0.1, -0.05) is 36.4 Å². The van der Waals surface area contributed by atoms with Crippen molar-refractivity contribution < 1.29 is 14.6 Å². The molecule has 2 heterocycles. The van der Waals surface area contributed by atoms with Gasteiger partial charge >= 0.3 is 0 Å². The fraction of sp³-hybridized carbons (Fsp3) is 0.167. The van der Waals surface area contributed by atoms with Crippen molar-refractivity contribution in [3.8, 4) is 5.75 Å². The third-order valence-electron chi connectivity index (χ3n) is 5.39. The first-order chi connectivity index (χ1) is 14.7. The Morgan fingerprint density at radius 2 is 1.90 bits per heavy atom. The van der Waals surface area contributed by atoms with Crippen LogP contribution in [0.15, 0.2) is 73.1 Å². The highest BCUT2D eigenvalue weighted by molar-refractivity contribution is 7.99. The minimum atomic E-state index is -1.18. The Labute approximate surface area is 190 Å². The topological polar surface area (TPSA) is 67.2 Å². The van der Waals surface area contributed by atoms with E-state index >= 15 is 0 Å². The van der Waals surface area contributed by atoms with Crippen LogP contribution in [0.4, 0.5) is 0 Å². The van der Waals surface area contributed by atoms with E-state index in [1.54, 1.807) is 30.0 Å². The summed E-state index contributed by atoms with van der Waals surface area (Å²) in [5, 5.41) is 11.4. The Morgan fingerprint density at radius 3 is 2.77 bits per heavy atom. The first-order valence-electron chi connectivity index (χ1n) is 9.78. The van der Waals surface area contributed by atoms with E-state index in [-0.39, 0.29) is 23.2 Å². The van der Waals surface area contributed by atoms with E-state index in [1.807, 2.05) is 36.7 Å². The quantitative estimate of drug-likeness (QED) is 0.454. The predicted octanol–water partition coefficient (Wildman–Crippen LogP) is 4.24. The van der Waals surface area contributed by atoms with Crippen LogP contribution in [0.1, 0.15) is 32.3 Å². The average molecular weight is 452 g/mol. The van der Waals surface area contributed by atoms with Crippen LogP contribution >= 0.6 is 24.2 Å². The third-order valence-corrected chi connectivity index (χ3v) is 6.65. The number of halogens is 1. The number of imidazole rings is 1. The summed E-state index contributed by atoms with van der Waals surface area (Å²) in [5.74, 6) is 0.389. The molecule has 5 rings (SSSR count). The fourth-order valence-corrected chi connectivity index (χ4v) is 5.20. The molecule has 7 heteroatoms. The molecular weight excluding hydrogens is 432 g/mol. The van der Waals surface area contributed by atoms with E-state index in [1.165, 1.54) is 0 Å². The van der Waals surface area contributed by atoms with Gasteiger partial charge in [-0.25, -0.2) is 4.98 Å². The number of nitrogens with zero attached hydrogens (tertiary/aromatic N) is 2. The van der Waals surface area contributed by atoms with Crippen molar-refractivity contribution in [2.45, 2.75) is 18.4 Å². The first kappa shape index (κ1) is 21.3. The maximum Gasteiger partial charge on any atom is 0.124 e. The smallest absolute Gasteiger partial charge is 0.124 e. The van der Waals surface area contributed by atoms with Crippen LogP contribution in [0.3, 0.4) is 0 Å². The zero-order chi connectivity index (χ0) is 20.5. The molecule has 0 spiro atoms. The number of thioether (sulfide) groups is 1. The molecule has 0 fully saturated rings. The second kappa shape index (κ2) is 9.04. The summed E-state index contributed by atoms with van der Waals surface area (Å²) >= 11 is 1.78. The highest BCUT2D eigenvalue weighted by atomic mass is 35.5. The normalized spacial score (nSPS) is 14.6. The van der Waals surface area contributed by atoms with Crippen molar-refractivity contribution in [1.29, 1.82) is 0 Å². The van der Waals surface area contributed by atoms with Crippen molar-refractivity contribution >= 4 is 41.2 Å².